The molecule has 0 atom stereocenters. The van der Waals surface area contributed by atoms with Crippen LogP contribution >= 0.6 is 23.5 Å². The van der Waals surface area contributed by atoms with Gasteiger partial charge in [-0.2, -0.15) is 0 Å². The van der Waals surface area contributed by atoms with Crippen LogP contribution in [0.3, 0.4) is 0 Å². The van der Waals surface area contributed by atoms with Gasteiger partial charge in [-0.25, -0.2) is 0 Å². The van der Waals surface area contributed by atoms with Gasteiger partial charge in [0, 0.05) is 14.0 Å². The van der Waals surface area contributed by atoms with Crippen LogP contribution in [0.5, 0.6) is 0 Å². The molecule has 0 unspecified atom stereocenters. The lowest BCUT2D eigenvalue weighted by atomic mass is 10.4. The topological polar surface area (TPSA) is 17.1 Å². The molecule has 3 heteroatoms. The average Bonchev–Trinajstić information content (AvgIpc) is 2.71. The Labute approximate surface area is 103 Å². The third kappa shape index (κ3) is 2.90. The Balaban J connectivity index is 2.01. The largest absolute Gasteiger partial charge is 0.299 e. The molecule has 0 N–H and O–H groups in total. The number of thioether (sulfide) groups is 2. The summed E-state index contributed by atoms with van der Waals surface area (Å²) in [5.41, 5.74) is 0. The number of carbonyl (C=O) groups excluding carboxylic acids is 1. The number of allylic oxidation sites excluding steroid dienone is 5. The standard InChI is InChI=1S/C13H10OS2/c14-10-6-2-1-3-9-13-15-11-7-4-5-8-12(11)16-13/h1-10H/b3-1+,6-2+. The van der Waals surface area contributed by atoms with E-state index in [1.165, 1.54) is 20.1 Å². The van der Waals surface area contributed by atoms with Crippen LogP contribution in [-0.4, -0.2) is 6.29 Å². The highest BCUT2D eigenvalue weighted by Crippen LogP contribution is 2.50. The Morgan fingerprint density at radius 1 is 0.875 bits per heavy atom. The minimum Gasteiger partial charge on any atom is -0.299 e. The van der Waals surface area contributed by atoms with E-state index in [1.807, 2.05) is 12.2 Å². The molecule has 0 radical (unpaired) electrons. The number of aldehydes is 1. The number of fused-ring (bicyclic) bond motifs is 1. The highest BCUT2D eigenvalue weighted by atomic mass is 32.2. The van der Waals surface area contributed by atoms with Crippen molar-refractivity contribution in [1.82, 2.24) is 0 Å². The van der Waals surface area contributed by atoms with Gasteiger partial charge in [-0.3, -0.25) is 4.79 Å². The molecule has 1 aromatic rings. The maximum Gasteiger partial charge on any atom is 0.142 e. The van der Waals surface area contributed by atoms with E-state index >= 15 is 0 Å². The molecular weight excluding hydrogens is 236 g/mol. The number of benzene rings is 1. The smallest absolute Gasteiger partial charge is 0.142 e. The van der Waals surface area contributed by atoms with Crippen molar-refractivity contribution in [3.05, 3.63) is 58.9 Å². The molecule has 0 amide bonds. The van der Waals surface area contributed by atoms with Gasteiger partial charge >= 0.3 is 0 Å². The second-order valence-corrected chi connectivity index (χ2v) is 5.47. The maximum atomic E-state index is 10.0. The summed E-state index contributed by atoms with van der Waals surface area (Å²) in [6, 6.07) is 8.36. The molecule has 2 rings (SSSR count). The van der Waals surface area contributed by atoms with Gasteiger partial charge in [0.2, 0.25) is 0 Å². The maximum absolute atomic E-state index is 10.0. The third-order valence-corrected chi connectivity index (χ3v) is 4.37. The van der Waals surface area contributed by atoms with E-state index in [0.717, 1.165) is 6.29 Å². The summed E-state index contributed by atoms with van der Waals surface area (Å²) < 4.78 is 1.26. The van der Waals surface area contributed by atoms with E-state index in [2.05, 4.69) is 30.3 Å². The summed E-state index contributed by atoms with van der Waals surface area (Å²) in [5, 5.41) is 0. The fraction of sp³-hybridized carbons (Fsp3) is 0. The molecule has 0 saturated heterocycles. The van der Waals surface area contributed by atoms with Gasteiger partial charge in [-0.1, -0.05) is 53.9 Å². The molecule has 0 fully saturated rings. The molecule has 1 aliphatic heterocycles. The lowest BCUT2D eigenvalue weighted by Gasteiger charge is -1.90. The van der Waals surface area contributed by atoms with Gasteiger partial charge in [0.15, 0.2) is 0 Å². The molecule has 16 heavy (non-hydrogen) atoms. The Morgan fingerprint density at radius 3 is 2.12 bits per heavy atom. The molecule has 0 saturated carbocycles. The molecule has 80 valence electrons. The van der Waals surface area contributed by atoms with E-state index in [-0.39, 0.29) is 0 Å². The summed E-state index contributed by atoms with van der Waals surface area (Å²) >= 11 is 3.56. The SMILES string of the molecule is O=C/C=C/C=C/C=C1Sc2ccccc2S1. The van der Waals surface area contributed by atoms with Crippen molar-refractivity contribution in [3.8, 4) is 0 Å². The fourth-order valence-corrected chi connectivity index (χ4v) is 3.54. The van der Waals surface area contributed by atoms with Crippen LogP contribution in [0.1, 0.15) is 0 Å². The number of hydrogen-bond donors (Lipinski definition) is 0. The first-order valence-electron chi connectivity index (χ1n) is 4.83. The first-order valence-corrected chi connectivity index (χ1v) is 6.47. The Morgan fingerprint density at radius 2 is 1.50 bits per heavy atom. The molecule has 1 nitrogen and oxygen atoms in total. The van der Waals surface area contributed by atoms with Crippen molar-refractivity contribution in [1.29, 1.82) is 0 Å². The minimum atomic E-state index is 0.770. The van der Waals surface area contributed by atoms with Crippen molar-refractivity contribution in [2.24, 2.45) is 0 Å². The van der Waals surface area contributed by atoms with Crippen LogP contribution in [-0.2, 0) is 4.79 Å². The summed E-state index contributed by atoms with van der Waals surface area (Å²) in [5.74, 6) is 0. The van der Waals surface area contributed by atoms with Crippen LogP contribution in [0.15, 0.2) is 68.7 Å². The quantitative estimate of drug-likeness (QED) is 0.455. The predicted octanol–water partition coefficient (Wildman–Crippen LogP) is 4.04. The Kier molecular flexibility index (Phi) is 4.08. The second kappa shape index (κ2) is 5.77. The van der Waals surface area contributed by atoms with Crippen LogP contribution < -0.4 is 0 Å². The van der Waals surface area contributed by atoms with Gasteiger partial charge in [-0.15, -0.1) is 0 Å². The summed E-state index contributed by atoms with van der Waals surface area (Å²) in [4.78, 5) is 12.7. The Hall–Kier alpha value is -1.19. The van der Waals surface area contributed by atoms with Crippen molar-refractivity contribution in [3.63, 3.8) is 0 Å². The first kappa shape index (κ1) is 11.3. The van der Waals surface area contributed by atoms with Crippen LogP contribution in [0, 0.1) is 0 Å². The highest BCUT2D eigenvalue weighted by Gasteiger charge is 2.15. The van der Waals surface area contributed by atoms with Gasteiger partial charge in [0.25, 0.3) is 0 Å². The molecule has 0 aromatic heterocycles. The minimum absolute atomic E-state index is 0.770. The lowest BCUT2D eigenvalue weighted by Crippen LogP contribution is -1.65. The van der Waals surface area contributed by atoms with Crippen LogP contribution in [0.2, 0.25) is 0 Å². The molecule has 0 aliphatic carbocycles. The van der Waals surface area contributed by atoms with Gasteiger partial charge < -0.3 is 0 Å². The molecule has 1 heterocycles. The molecule has 1 aromatic carbocycles. The van der Waals surface area contributed by atoms with Crippen LogP contribution in [0.25, 0.3) is 0 Å². The van der Waals surface area contributed by atoms with Crippen molar-refractivity contribution in [2.45, 2.75) is 9.79 Å². The third-order valence-electron chi connectivity index (χ3n) is 1.91. The van der Waals surface area contributed by atoms with E-state index in [0.29, 0.717) is 0 Å². The van der Waals surface area contributed by atoms with Crippen molar-refractivity contribution >= 4 is 29.8 Å². The first-order chi connectivity index (χ1) is 7.90. The summed E-state index contributed by atoms with van der Waals surface area (Å²) in [6.07, 6.45) is 9.82. The summed E-state index contributed by atoms with van der Waals surface area (Å²) in [6.45, 7) is 0. The zero-order valence-corrected chi connectivity index (χ0v) is 10.1. The van der Waals surface area contributed by atoms with Gasteiger partial charge in [0.05, 0.1) is 0 Å². The number of carbonyl (C=O) groups is 1. The van der Waals surface area contributed by atoms with Gasteiger partial charge in [-0.05, 0) is 24.3 Å². The normalized spacial score (nSPS) is 14.6. The van der Waals surface area contributed by atoms with Crippen molar-refractivity contribution < 1.29 is 4.79 Å². The Bertz CT molecular complexity index is 446. The molecule has 0 bridgehead atoms. The number of rotatable bonds is 3. The van der Waals surface area contributed by atoms with E-state index in [1.54, 1.807) is 29.6 Å². The molecule has 0 spiro atoms. The van der Waals surface area contributed by atoms with E-state index < -0.39 is 0 Å². The van der Waals surface area contributed by atoms with E-state index in [4.69, 9.17) is 0 Å². The second-order valence-electron chi connectivity index (χ2n) is 3.04. The number of hydrogen-bond acceptors (Lipinski definition) is 3. The lowest BCUT2D eigenvalue weighted by molar-refractivity contribution is -0.104. The highest BCUT2D eigenvalue weighted by molar-refractivity contribution is 8.24. The zero-order chi connectivity index (χ0) is 11.2. The van der Waals surface area contributed by atoms with Gasteiger partial charge in [0.1, 0.15) is 6.29 Å². The van der Waals surface area contributed by atoms with Crippen LogP contribution in [0.4, 0.5) is 0 Å². The molecular formula is C13H10OS2. The van der Waals surface area contributed by atoms with E-state index in [9.17, 15) is 4.79 Å². The summed E-state index contributed by atoms with van der Waals surface area (Å²) in [7, 11) is 0. The van der Waals surface area contributed by atoms with Crippen molar-refractivity contribution in [2.75, 3.05) is 0 Å². The molecule has 1 aliphatic rings. The fourth-order valence-electron chi connectivity index (χ4n) is 1.23. The predicted molar refractivity (Wildman–Crippen MR) is 70.6 cm³/mol. The zero-order valence-electron chi connectivity index (χ0n) is 8.50. The monoisotopic (exact) mass is 246 g/mol. The average molecular weight is 246 g/mol.